The van der Waals surface area contributed by atoms with Gasteiger partial charge in [-0.25, -0.2) is 18.4 Å². The molecule has 0 unspecified atom stereocenters. The van der Waals surface area contributed by atoms with E-state index in [0.29, 0.717) is 36.2 Å². The minimum atomic E-state index is -4.10. The van der Waals surface area contributed by atoms with E-state index >= 15 is 0 Å². The van der Waals surface area contributed by atoms with E-state index in [9.17, 15) is 13.2 Å². The lowest BCUT2D eigenvalue weighted by Gasteiger charge is -2.24. The molecule has 1 fully saturated rings. The largest absolute Gasteiger partial charge is 0.487 e. The van der Waals surface area contributed by atoms with Crippen molar-refractivity contribution in [2.75, 3.05) is 33.7 Å². The number of carbonyl (C=O) groups is 1. The van der Waals surface area contributed by atoms with Gasteiger partial charge >= 0.3 is 0 Å². The van der Waals surface area contributed by atoms with Crippen LogP contribution in [-0.2, 0) is 21.4 Å². The van der Waals surface area contributed by atoms with Gasteiger partial charge in [-0.1, -0.05) is 35.3 Å². The van der Waals surface area contributed by atoms with Crippen molar-refractivity contribution in [2.45, 2.75) is 50.2 Å². The Hall–Kier alpha value is -3.22. The summed E-state index contributed by atoms with van der Waals surface area (Å²) < 4.78 is 37.1. The standard InChI is InChI=1S/C31H36Cl2N6O4S/c1-21-18-26(38-17-14-34-20-38)22-8-6-10-27(30(22)36-21)43-19-23-24(32)11-12-28(29(23)33)44(41,42)39-16-7-9-25(39)31(40)35-13-4-5-15-37(2)3/h6,8,10-12,14,17-18,20,25H,4-5,7,9,13,15-16,19H2,1-3H3,(H,35,40)/t25-/m0/s1. The number of carbonyl (C=O) groups excluding carboxylic acids is 1. The second-order valence-corrected chi connectivity index (χ2v) is 13.8. The number of ether oxygens (including phenoxy) is 1. The summed E-state index contributed by atoms with van der Waals surface area (Å²) in [5, 5.41) is 4.00. The zero-order valence-corrected chi connectivity index (χ0v) is 27.3. The lowest BCUT2D eigenvalue weighted by atomic mass is 10.1. The molecule has 234 valence electrons. The molecule has 2 aromatic heterocycles. The Morgan fingerprint density at radius 3 is 2.75 bits per heavy atom. The van der Waals surface area contributed by atoms with Crippen LogP contribution in [0, 0.1) is 6.92 Å². The third-order valence-electron chi connectivity index (χ3n) is 7.64. The molecule has 2 aromatic carbocycles. The summed E-state index contributed by atoms with van der Waals surface area (Å²) in [5.41, 5.74) is 2.66. The summed E-state index contributed by atoms with van der Waals surface area (Å²) in [6, 6.07) is 9.66. The number of hydrogen-bond acceptors (Lipinski definition) is 7. The van der Waals surface area contributed by atoms with Crippen molar-refractivity contribution >= 4 is 50.0 Å². The number of para-hydroxylation sites is 1. The summed E-state index contributed by atoms with van der Waals surface area (Å²) >= 11 is 13.3. The fraction of sp³-hybridized carbons (Fsp3) is 0.387. The molecular formula is C31H36Cl2N6O4S. The van der Waals surface area contributed by atoms with Crippen LogP contribution in [0.15, 0.2) is 60.0 Å². The number of pyridine rings is 1. The Kier molecular flexibility index (Phi) is 10.1. The molecular weight excluding hydrogens is 623 g/mol. The van der Waals surface area contributed by atoms with Crippen LogP contribution in [0.25, 0.3) is 16.6 Å². The quantitative estimate of drug-likeness (QED) is 0.208. The smallest absolute Gasteiger partial charge is 0.245 e. The molecule has 4 aromatic rings. The van der Waals surface area contributed by atoms with Crippen LogP contribution in [-0.4, -0.2) is 77.8 Å². The predicted molar refractivity (Wildman–Crippen MR) is 172 cm³/mol. The summed E-state index contributed by atoms with van der Waals surface area (Å²) in [5.74, 6) is 0.202. The van der Waals surface area contributed by atoms with Crippen LogP contribution >= 0.6 is 23.2 Å². The van der Waals surface area contributed by atoms with Gasteiger partial charge in [0, 0.05) is 47.1 Å². The molecule has 1 atom stereocenters. The fourth-order valence-corrected chi connectivity index (χ4v) is 7.94. The Bertz CT molecular complexity index is 1750. The number of nitrogens with zero attached hydrogens (tertiary/aromatic N) is 5. The van der Waals surface area contributed by atoms with Crippen molar-refractivity contribution in [3.8, 4) is 11.4 Å². The second-order valence-electron chi connectivity index (χ2n) is 11.1. The molecule has 1 saturated heterocycles. The van der Waals surface area contributed by atoms with Crippen LogP contribution in [0.3, 0.4) is 0 Å². The van der Waals surface area contributed by atoms with E-state index in [1.54, 1.807) is 18.6 Å². The zero-order valence-electron chi connectivity index (χ0n) is 25.0. The normalized spacial score (nSPS) is 15.7. The van der Waals surface area contributed by atoms with Gasteiger partial charge in [-0.3, -0.25) is 4.79 Å². The summed E-state index contributed by atoms with van der Waals surface area (Å²) in [7, 11) is -0.105. The molecule has 10 nitrogen and oxygen atoms in total. The van der Waals surface area contributed by atoms with Crippen molar-refractivity contribution in [2.24, 2.45) is 0 Å². The maximum atomic E-state index is 13.9. The number of aryl methyl sites for hydroxylation is 1. The van der Waals surface area contributed by atoms with E-state index in [-0.39, 0.29) is 34.0 Å². The van der Waals surface area contributed by atoms with E-state index < -0.39 is 16.1 Å². The number of unbranched alkanes of at least 4 members (excludes halogenated alkanes) is 1. The van der Waals surface area contributed by atoms with Gasteiger partial charge < -0.3 is 19.5 Å². The highest BCUT2D eigenvalue weighted by molar-refractivity contribution is 7.89. The number of hydrogen-bond donors (Lipinski definition) is 1. The first-order chi connectivity index (χ1) is 21.1. The maximum Gasteiger partial charge on any atom is 0.245 e. The highest BCUT2D eigenvalue weighted by Crippen LogP contribution is 2.37. The summed E-state index contributed by atoms with van der Waals surface area (Å²) in [6.07, 6.45) is 8.05. The predicted octanol–water partition coefficient (Wildman–Crippen LogP) is 5.23. The Balaban J connectivity index is 1.36. The van der Waals surface area contributed by atoms with Crippen molar-refractivity contribution in [1.82, 2.24) is 29.1 Å². The third-order valence-corrected chi connectivity index (χ3v) is 10.5. The van der Waals surface area contributed by atoms with Gasteiger partial charge in [0.25, 0.3) is 0 Å². The highest BCUT2D eigenvalue weighted by atomic mass is 35.5. The maximum absolute atomic E-state index is 13.9. The number of amides is 1. The molecule has 44 heavy (non-hydrogen) atoms. The van der Waals surface area contributed by atoms with Crippen LogP contribution < -0.4 is 10.1 Å². The van der Waals surface area contributed by atoms with Gasteiger partial charge in [0.15, 0.2) is 0 Å². The summed E-state index contributed by atoms with van der Waals surface area (Å²) in [6.45, 7) is 3.45. The Morgan fingerprint density at radius 2 is 2.00 bits per heavy atom. The fourth-order valence-electron chi connectivity index (χ4n) is 5.42. The number of fused-ring (bicyclic) bond motifs is 1. The molecule has 13 heteroatoms. The molecule has 3 heterocycles. The molecule has 0 spiro atoms. The number of halogens is 2. The minimum Gasteiger partial charge on any atom is -0.487 e. The van der Waals surface area contributed by atoms with E-state index in [4.69, 9.17) is 32.9 Å². The Labute approximate surface area is 268 Å². The second kappa shape index (κ2) is 13.8. The van der Waals surface area contributed by atoms with Crippen molar-refractivity contribution < 1.29 is 17.9 Å². The van der Waals surface area contributed by atoms with Gasteiger partial charge in [0.2, 0.25) is 15.9 Å². The first-order valence-corrected chi connectivity index (χ1v) is 16.7. The van der Waals surface area contributed by atoms with Crippen LogP contribution in [0.5, 0.6) is 5.75 Å². The first-order valence-electron chi connectivity index (χ1n) is 14.5. The first kappa shape index (κ1) is 32.2. The molecule has 1 aliphatic heterocycles. The number of benzene rings is 2. The molecule has 0 saturated carbocycles. The number of nitrogens with one attached hydrogen (secondary N) is 1. The van der Waals surface area contributed by atoms with Gasteiger partial charge in [-0.05, 0) is 77.5 Å². The zero-order chi connectivity index (χ0) is 31.4. The van der Waals surface area contributed by atoms with Gasteiger partial charge in [-0.15, -0.1) is 0 Å². The number of rotatable bonds is 12. The summed E-state index contributed by atoms with van der Waals surface area (Å²) in [4.78, 5) is 23.9. The third kappa shape index (κ3) is 6.87. The molecule has 1 amide bonds. The molecule has 0 bridgehead atoms. The lowest BCUT2D eigenvalue weighted by Crippen LogP contribution is -2.46. The molecule has 1 aliphatic rings. The van der Waals surface area contributed by atoms with Gasteiger partial charge in [0.05, 0.1) is 17.0 Å². The monoisotopic (exact) mass is 658 g/mol. The average molecular weight is 660 g/mol. The number of sulfonamides is 1. The molecule has 5 rings (SSSR count). The van der Waals surface area contributed by atoms with Gasteiger partial charge in [-0.2, -0.15) is 4.31 Å². The van der Waals surface area contributed by atoms with Crippen molar-refractivity contribution in [3.05, 3.63) is 76.4 Å². The molecule has 1 N–H and O–H groups in total. The van der Waals surface area contributed by atoms with E-state index in [0.717, 1.165) is 36.2 Å². The SMILES string of the molecule is Cc1cc(-n2ccnc2)c2cccc(OCc3c(Cl)ccc(S(=O)(=O)N4CCC[C@H]4C(=O)NCCCCN(C)C)c3Cl)c2n1. The Morgan fingerprint density at radius 1 is 1.18 bits per heavy atom. The van der Waals surface area contributed by atoms with Crippen molar-refractivity contribution in [1.29, 1.82) is 0 Å². The van der Waals surface area contributed by atoms with E-state index in [1.807, 2.05) is 50.0 Å². The van der Waals surface area contributed by atoms with E-state index in [1.165, 1.54) is 16.4 Å². The molecule has 0 aliphatic carbocycles. The van der Waals surface area contributed by atoms with Crippen LogP contribution in [0.2, 0.25) is 10.0 Å². The number of imidazole rings is 1. The van der Waals surface area contributed by atoms with Crippen LogP contribution in [0.1, 0.15) is 36.9 Å². The van der Waals surface area contributed by atoms with Crippen molar-refractivity contribution in [3.63, 3.8) is 0 Å². The van der Waals surface area contributed by atoms with E-state index in [2.05, 4.69) is 15.2 Å². The van der Waals surface area contributed by atoms with Crippen LogP contribution in [0.4, 0.5) is 0 Å². The number of aromatic nitrogens is 3. The highest BCUT2D eigenvalue weighted by Gasteiger charge is 2.40. The molecule has 0 radical (unpaired) electrons. The average Bonchev–Trinajstić information content (AvgIpc) is 3.70. The topological polar surface area (TPSA) is 110 Å². The van der Waals surface area contributed by atoms with Gasteiger partial charge in [0.1, 0.15) is 28.8 Å². The minimum absolute atomic E-state index is 0.0317. The lowest BCUT2D eigenvalue weighted by molar-refractivity contribution is -0.124.